The lowest BCUT2D eigenvalue weighted by Gasteiger charge is -2.27. The van der Waals surface area contributed by atoms with Gasteiger partial charge in [0.05, 0.1) is 41.6 Å². The van der Waals surface area contributed by atoms with Crippen LogP contribution in [0, 0.1) is 27.7 Å². The molecule has 10 nitrogen and oxygen atoms in total. The van der Waals surface area contributed by atoms with Gasteiger partial charge in [0.2, 0.25) is 0 Å². The molecule has 1 fully saturated rings. The molecule has 1 saturated heterocycles. The predicted molar refractivity (Wildman–Crippen MR) is 210 cm³/mol. The zero-order chi connectivity index (χ0) is 38.0. The number of carboxylic acid groups (broad SMARTS) is 1. The number of fused-ring (bicyclic) bond motifs is 1. The Balaban J connectivity index is 1.46. The van der Waals surface area contributed by atoms with Crippen LogP contribution in [-0.2, 0) is 31.3 Å². The first kappa shape index (κ1) is 38.4. The number of rotatable bonds is 13. The van der Waals surface area contributed by atoms with Crippen molar-refractivity contribution in [1.29, 1.82) is 0 Å². The van der Waals surface area contributed by atoms with E-state index in [1.807, 2.05) is 63.7 Å². The van der Waals surface area contributed by atoms with Crippen LogP contribution in [0.25, 0.3) is 22.0 Å². The predicted octanol–water partition coefficient (Wildman–Crippen LogP) is 7.90. The first-order valence-corrected chi connectivity index (χ1v) is 18.7. The summed E-state index contributed by atoms with van der Waals surface area (Å²) in [6.07, 6.45) is 1.24. The number of amides is 1. The van der Waals surface area contributed by atoms with Gasteiger partial charge in [0.1, 0.15) is 11.4 Å². The molecule has 280 valence electrons. The van der Waals surface area contributed by atoms with Crippen LogP contribution in [0.2, 0.25) is 10.0 Å². The third-order valence-corrected chi connectivity index (χ3v) is 11.1. The average molecular weight is 761 g/mol. The maximum atomic E-state index is 14.9. The Morgan fingerprint density at radius 3 is 2.26 bits per heavy atom. The second-order valence-electron chi connectivity index (χ2n) is 13.9. The van der Waals surface area contributed by atoms with Crippen LogP contribution in [-0.4, -0.2) is 87.6 Å². The van der Waals surface area contributed by atoms with E-state index in [0.717, 1.165) is 86.1 Å². The summed E-state index contributed by atoms with van der Waals surface area (Å²) in [6, 6.07) is 14.5. The van der Waals surface area contributed by atoms with Crippen LogP contribution >= 0.6 is 23.2 Å². The van der Waals surface area contributed by atoms with Crippen LogP contribution in [0.1, 0.15) is 60.9 Å². The van der Waals surface area contributed by atoms with Crippen molar-refractivity contribution in [2.45, 2.75) is 53.6 Å². The number of carbonyl (C=O) groups is 2. The molecule has 0 saturated carbocycles. The average Bonchev–Trinajstić information content (AvgIpc) is 3.58. The van der Waals surface area contributed by atoms with Gasteiger partial charge in [-0.15, -0.1) is 0 Å². The molecule has 1 amide bonds. The zero-order valence-corrected chi connectivity index (χ0v) is 32.8. The van der Waals surface area contributed by atoms with Crippen molar-refractivity contribution in [3.8, 4) is 16.9 Å². The van der Waals surface area contributed by atoms with Crippen molar-refractivity contribution < 1.29 is 24.2 Å². The van der Waals surface area contributed by atoms with Crippen LogP contribution in [0.4, 0.5) is 0 Å². The molecule has 5 aromatic rings. The number of ether oxygens (including phenoxy) is 2. The molecular weight excluding hydrogens is 713 g/mol. The molecule has 3 aromatic carbocycles. The van der Waals surface area contributed by atoms with E-state index >= 15 is 0 Å². The minimum atomic E-state index is -0.991. The van der Waals surface area contributed by atoms with Gasteiger partial charge in [0.15, 0.2) is 0 Å². The van der Waals surface area contributed by atoms with E-state index in [1.54, 1.807) is 36.2 Å². The fraction of sp³-hybridized carbons (Fsp3) is 0.390. The SMILES string of the molecule is Cc1cc(OCCCc2c(C(=O)N(C)Cc3ccc(C(=O)O)cc3)n(CCN3CCOCC3)c3c(-c4c(C)nn(C)c4C)c(Cl)ccc23)cc(C)c1Cl. The summed E-state index contributed by atoms with van der Waals surface area (Å²) in [5.41, 5.74) is 9.07. The van der Waals surface area contributed by atoms with Crippen LogP contribution < -0.4 is 4.74 Å². The van der Waals surface area contributed by atoms with Gasteiger partial charge < -0.3 is 24.0 Å². The molecule has 0 unspecified atom stereocenters. The molecule has 0 spiro atoms. The maximum absolute atomic E-state index is 14.9. The van der Waals surface area contributed by atoms with Gasteiger partial charge in [-0.2, -0.15) is 5.10 Å². The molecule has 3 heterocycles. The number of hydrogen-bond acceptors (Lipinski definition) is 6. The Morgan fingerprint density at radius 1 is 0.962 bits per heavy atom. The summed E-state index contributed by atoms with van der Waals surface area (Å²) in [7, 11) is 3.72. The Bertz CT molecular complexity index is 2130. The number of carbonyl (C=O) groups excluding carboxylic acids is 1. The van der Waals surface area contributed by atoms with E-state index in [1.165, 1.54) is 0 Å². The number of carboxylic acids is 1. The third kappa shape index (κ3) is 8.11. The van der Waals surface area contributed by atoms with Crippen molar-refractivity contribution in [1.82, 2.24) is 24.1 Å². The highest BCUT2D eigenvalue weighted by molar-refractivity contribution is 6.35. The molecule has 0 radical (unpaired) electrons. The van der Waals surface area contributed by atoms with Gasteiger partial charge in [-0.25, -0.2) is 4.79 Å². The Kier molecular flexibility index (Phi) is 11.8. The van der Waals surface area contributed by atoms with E-state index in [0.29, 0.717) is 56.5 Å². The molecule has 0 atom stereocenters. The lowest BCUT2D eigenvalue weighted by Crippen LogP contribution is -2.38. The Morgan fingerprint density at radius 2 is 1.64 bits per heavy atom. The quantitative estimate of drug-likeness (QED) is 0.122. The summed E-state index contributed by atoms with van der Waals surface area (Å²) in [5.74, 6) is -0.361. The fourth-order valence-electron chi connectivity index (χ4n) is 7.36. The molecular formula is C41H47Cl2N5O5. The Hall–Kier alpha value is -4.35. The van der Waals surface area contributed by atoms with Gasteiger partial charge in [-0.3, -0.25) is 14.4 Å². The van der Waals surface area contributed by atoms with Crippen molar-refractivity contribution in [2.24, 2.45) is 7.05 Å². The highest BCUT2D eigenvalue weighted by atomic mass is 35.5. The standard InChI is InChI=1S/C41H47Cl2N5O5/c1-25-22-31(23-26(2)37(25)43)53-19-7-8-32-33-13-14-34(42)36(35-27(3)44-46(6)28(35)4)38(33)48(16-15-47-17-20-52-21-18-47)39(32)40(49)45(5)24-29-9-11-30(12-10-29)41(50)51/h9-14,22-23H,7-8,15-21,24H2,1-6H3,(H,50,51). The zero-order valence-electron chi connectivity index (χ0n) is 31.3. The molecule has 53 heavy (non-hydrogen) atoms. The lowest BCUT2D eigenvalue weighted by molar-refractivity contribution is 0.0363. The number of morpholine rings is 1. The van der Waals surface area contributed by atoms with Crippen molar-refractivity contribution in [3.05, 3.63) is 103 Å². The second kappa shape index (κ2) is 16.3. The fourth-order valence-corrected chi connectivity index (χ4v) is 7.72. The van der Waals surface area contributed by atoms with Crippen LogP contribution in [0.5, 0.6) is 5.75 Å². The van der Waals surface area contributed by atoms with Crippen LogP contribution in [0.15, 0.2) is 48.5 Å². The molecule has 0 aliphatic carbocycles. The normalized spacial score (nSPS) is 13.5. The summed E-state index contributed by atoms with van der Waals surface area (Å²) >= 11 is 13.6. The maximum Gasteiger partial charge on any atom is 0.335 e. The second-order valence-corrected chi connectivity index (χ2v) is 14.7. The van der Waals surface area contributed by atoms with E-state index in [-0.39, 0.29) is 11.5 Å². The minimum Gasteiger partial charge on any atom is -0.494 e. The van der Waals surface area contributed by atoms with E-state index in [4.69, 9.17) is 37.8 Å². The Labute approximate surface area is 320 Å². The third-order valence-electron chi connectivity index (χ3n) is 10.2. The van der Waals surface area contributed by atoms with Gasteiger partial charge in [-0.05, 0) is 93.1 Å². The number of benzene rings is 3. The monoisotopic (exact) mass is 759 g/mol. The van der Waals surface area contributed by atoms with E-state index in [2.05, 4.69) is 9.47 Å². The lowest BCUT2D eigenvalue weighted by atomic mass is 9.98. The summed E-state index contributed by atoms with van der Waals surface area (Å²) in [4.78, 5) is 30.5. The van der Waals surface area contributed by atoms with E-state index < -0.39 is 5.97 Å². The van der Waals surface area contributed by atoms with Gasteiger partial charge in [0.25, 0.3) is 5.91 Å². The van der Waals surface area contributed by atoms with E-state index in [9.17, 15) is 14.7 Å². The molecule has 1 aliphatic rings. The molecule has 2 aromatic heterocycles. The summed E-state index contributed by atoms with van der Waals surface area (Å²) in [5, 5.41) is 16.4. The first-order valence-electron chi connectivity index (χ1n) is 18.0. The number of aromatic nitrogens is 3. The molecule has 0 bridgehead atoms. The molecule has 1 aliphatic heterocycles. The number of aryl methyl sites for hydroxylation is 5. The number of halogens is 2. The molecule has 1 N–H and O–H groups in total. The van der Waals surface area contributed by atoms with Crippen molar-refractivity contribution in [2.75, 3.05) is 46.5 Å². The van der Waals surface area contributed by atoms with Gasteiger partial charge >= 0.3 is 5.97 Å². The number of aromatic carboxylic acids is 1. The smallest absolute Gasteiger partial charge is 0.335 e. The highest BCUT2D eigenvalue weighted by Gasteiger charge is 2.30. The number of nitrogens with zero attached hydrogens (tertiary/aromatic N) is 5. The first-order chi connectivity index (χ1) is 25.3. The van der Waals surface area contributed by atoms with Gasteiger partial charge in [-0.1, -0.05) is 41.4 Å². The molecule has 12 heteroatoms. The molecule has 6 rings (SSSR count). The minimum absolute atomic E-state index is 0.132. The van der Waals surface area contributed by atoms with Crippen LogP contribution in [0.3, 0.4) is 0 Å². The highest BCUT2D eigenvalue weighted by Crippen LogP contribution is 2.42. The van der Waals surface area contributed by atoms with Crippen molar-refractivity contribution in [3.63, 3.8) is 0 Å². The van der Waals surface area contributed by atoms with Crippen molar-refractivity contribution >= 4 is 46.0 Å². The number of hydrogen-bond donors (Lipinski definition) is 1. The summed E-state index contributed by atoms with van der Waals surface area (Å²) in [6.45, 7) is 13.0. The van der Waals surface area contributed by atoms with Gasteiger partial charge in [0, 0.05) is 74.0 Å². The summed E-state index contributed by atoms with van der Waals surface area (Å²) < 4.78 is 15.9. The topological polar surface area (TPSA) is 102 Å². The largest absolute Gasteiger partial charge is 0.494 e.